The van der Waals surface area contributed by atoms with Crippen LogP contribution in [0, 0.1) is 0 Å². The van der Waals surface area contributed by atoms with Crippen molar-refractivity contribution in [1.82, 2.24) is 5.32 Å². The number of rotatable bonds is 8. The van der Waals surface area contributed by atoms with Crippen LogP contribution in [0.2, 0.25) is 0 Å². The fourth-order valence-electron chi connectivity index (χ4n) is 1.18. The molecule has 3 heteroatoms. The van der Waals surface area contributed by atoms with Gasteiger partial charge in [-0.1, -0.05) is 13.8 Å². The normalized spacial score (nSPS) is 12.0. The van der Waals surface area contributed by atoms with E-state index in [1.807, 2.05) is 6.92 Å². The van der Waals surface area contributed by atoms with E-state index >= 15 is 0 Å². The van der Waals surface area contributed by atoms with Gasteiger partial charge >= 0.3 is 0 Å². The predicted octanol–water partition coefficient (Wildman–Crippen LogP) is 1.18. The van der Waals surface area contributed by atoms with Crippen molar-refractivity contribution in [3.8, 4) is 0 Å². The first-order valence-electron chi connectivity index (χ1n) is 5.41. The van der Waals surface area contributed by atoms with Crippen LogP contribution in [-0.4, -0.2) is 18.8 Å². The van der Waals surface area contributed by atoms with E-state index < -0.39 is 5.66 Å². The van der Waals surface area contributed by atoms with Gasteiger partial charge in [-0.15, -0.1) is 0 Å². The van der Waals surface area contributed by atoms with Gasteiger partial charge in [0, 0.05) is 0 Å². The van der Waals surface area contributed by atoms with Crippen LogP contribution in [0.15, 0.2) is 0 Å². The zero-order valence-electron chi connectivity index (χ0n) is 9.10. The Balaban J connectivity index is 3.16. The molecule has 0 bridgehead atoms. The lowest BCUT2D eigenvalue weighted by Gasteiger charge is -2.22. The Bertz CT molecular complexity index is 113. The Morgan fingerprint density at radius 1 is 1.08 bits per heavy atom. The smallest absolute Gasteiger partial charge is 0.0633 e. The molecule has 0 saturated carbocycles. The first kappa shape index (κ1) is 12.9. The van der Waals surface area contributed by atoms with E-state index in [4.69, 9.17) is 11.5 Å². The fourth-order valence-corrected chi connectivity index (χ4v) is 1.18. The second kappa shape index (κ2) is 7.30. The van der Waals surface area contributed by atoms with E-state index in [1.54, 1.807) is 0 Å². The van der Waals surface area contributed by atoms with E-state index in [0.29, 0.717) is 0 Å². The average molecular weight is 187 g/mol. The van der Waals surface area contributed by atoms with Gasteiger partial charge in [-0.3, -0.25) is 0 Å². The highest BCUT2D eigenvalue weighted by Crippen LogP contribution is 2.08. The highest BCUT2D eigenvalue weighted by molar-refractivity contribution is 4.74. The predicted molar refractivity (Wildman–Crippen MR) is 58.4 cm³/mol. The highest BCUT2D eigenvalue weighted by Gasteiger charge is 2.14. The summed E-state index contributed by atoms with van der Waals surface area (Å²) < 4.78 is 0. The minimum Gasteiger partial charge on any atom is -0.317 e. The summed E-state index contributed by atoms with van der Waals surface area (Å²) in [5.41, 5.74) is 11.2. The van der Waals surface area contributed by atoms with Gasteiger partial charge in [0.05, 0.1) is 5.66 Å². The zero-order valence-corrected chi connectivity index (χ0v) is 9.10. The van der Waals surface area contributed by atoms with Gasteiger partial charge in [0.25, 0.3) is 0 Å². The Morgan fingerprint density at radius 2 is 1.77 bits per heavy atom. The zero-order chi connectivity index (χ0) is 10.2. The van der Waals surface area contributed by atoms with E-state index in [1.165, 1.54) is 12.8 Å². The summed E-state index contributed by atoms with van der Waals surface area (Å²) in [6.07, 6.45) is 5.28. The second-order valence-corrected chi connectivity index (χ2v) is 3.79. The molecule has 3 nitrogen and oxygen atoms in total. The molecule has 0 aliphatic carbocycles. The molecule has 0 atom stereocenters. The van der Waals surface area contributed by atoms with Crippen molar-refractivity contribution in [3.63, 3.8) is 0 Å². The van der Waals surface area contributed by atoms with E-state index in [0.717, 1.165) is 32.4 Å². The fraction of sp³-hybridized carbons (Fsp3) is 1.00. The standard InChI is InChI=1S/C10H25N3/c1-3-8-13-9-6-5-7-10(11,12)4-2/h13H,3-9,11-12H2,1-2H3. The lowest BCUT2D eigenvalue weighted by atomic mass is 10.0. The molecule has 80 valence electrons. The molecule has 13 heavy (non-hydrogen) atoms. The summed E-state index contributed by atoms with van der Waals surface area (Å²) in [6, 6.07) is 0. The van der Waals surface area contributed by atoms with E-state index in [9.17, 15) is 0 Å². The monoisotopic (exact) mass is 187 g/mol. The minimum absolute atomic E-state index is 0.440. The summed E-state index contributed by atoms with van der Waals surface area (Å²) in [5, 5.41) is 3.36. The molecule has 0 radical (unpaired) electrons. The molecule has 0 saturated heterocycles. The van der Waals surface area contributed by atoms with Crippen LogP contribution in [0.25, 0.3) is 0 Å². The molecule has 0 aliphatic rings. The quantitative estimate of drug-likeness (QED) is 0.395. The van der Waals surface area contributed by atoms with Crippen molar-refractivity contribution in [1.29, 1.82) is 0 Å². The lowest BCUT2D eigenvalue weighted by Crippen LogP contribution is -2.48. The van der Waals surface area contributed by atoms with Crippen molar-refractivity contribution in [2.24, 2.45) is 11.5 Å². The van der Waals surface area contributed by atoms with Gasteiger partial charge in [0.15, 0.2) is 0 Å². The summed E-state index contributed by atoms with van der Waals surface area (Å²) in [4.78, 5) is 0. The third-order valence-electron chi connectivity index (χ3n) is 2.33. The first-order chi connectivity index (χ1) is 6.12. The van der Waals surface area contributed by atoms with Crippen LogP contribution >= 0.6 is 0 Å². The topological polar surface area (TPSA) is 64.1 Å². The molecule has 0 fully saturated rings. The molecule has 0 spiro atoms. The average Bonchev–Trinajstić information content (AvgIpc) is 2.11. The molecular weight excluding hydrogens is 162 g/mol. The molecule has 0 aliphatic heterocycles. The van der Waals surface area contributed by atoms with Crippen molar-refractivity contribution < 1.29 is 0 Å². The lowest BCUT2D eigenvalue weighted by molar-refractivity contribution is 0.376. The Morgan fingerprint density at radius 3 is 2.31 bits per heavy atom. The van der Waals surface area contributed by atoms with Crippen LogP contribution in [0.4, 0.5) is 0 Å². The minimum atomic E-state index is -0.440. The largest absolute Gasteiger partial charge is 0.317 e. The summed E-state index contributed by atoms with van der Waals surface area (Å²) in [6.45, 7) is 6.42. The first-order valence-corrected chi connectivity index (χ1v) is 5.41. The maximum Gasteiger partial charge on any atom is 0.0633 e. The molecule has 0 aromatic carbocycles. The van der Waals surface area contributed by atoms with E-state index in [2.05, 4.69) is 12.2 Å². The third kappa shape index (κ3) is 8.22. The molecule has 5 N–H and O–H groups in total. The number of hydrogen-bond acceptors (Lipinski definition) is 3. The second-order valence-electron chi connectivity index (χ2n) is 3.79. The maximum atomic E-state index is 5.81. The van der Waals surface area contributed by atoms with Gasteiger partial charge < -0.3 is 16.8 Å². The van der Waals surface area contributed by atoms with Crippen molar-refractivity contribution in [2.75, 3.05) is 13.1 Å². The van der Waals surface area contributed by atoms with Crippen LogP contribution < -0.4 is 16.8 Å². The van der Waals surface area contributed by atoms with Crippen LogP contribution in [0.5, 0.6) is 0 Å². The number of unbranched alkanes of at least 4 members (excludes halogenated alkanes) is 1. The molecule has 0 rings (SSSR count). The van der Waals surface area contributed by atoms with Crippen molar-refractivity contribution in [2.45, 2.75) is 51.6 Å². The summed E-state index contributed by atoms with van der Waals surface area (Å²) >= 11 is 0. The highest BCUT2D eigenvalue weighted by atomic mass is 14.9. The summed E-state index contributed by atoms with van der Waals surface area (Å²) in [7, 11) is 0. The van der Waals surface area contributed by atoms with Gasteiger partial charge in [0.1, 0.15) is 0 Å². The number of hydrogen-bond donors (Lipinski definition) is 3. The van der Waals surface area contributed by atoms with Gasteiger partial charge in [-0.25, -0.2) is 0 Å². The molecule has 0 amide bonds. The molecule has 0 aromatic heterocycles. The van der Waals surface area contributed by atoms with Gasteiger partial charge in [0.2, 0.25) is 0 Å². The van der Waals surface area contributed by atoms with Crippen LogP contribution in [-0.2, 0) is 0 Å². The molecule has 0 aromatic rings. The van der Waals surface area contributed by atoms with Gasteiger partial charge in [-0.2, -0.15) is 0 Å². The van der Waals surface area contributed by atoms with Crippen LogP contribution in [0.3, 0.4) is 0 Å². The van der Waals surface area contributed by atoms with Crippen molar-refractivity contribution >= 4 is 0 Å². The third-order valence-corrected chi connectivity index (χ3v) is 2.33. The van der Waals surface area contributed by atoms with Crippen molar-refractivity contribution in [3.05, 3.63) is 0 Å². The Hall–Kier alpha value is -0.120. The Kier molecular flexibility index (Phi) is 7.23. The molecular formula is C10H25N3. The summed E-state index contributed by atoms with van der Waals surface area (Å²) in [5.74, 6) is 0. The molecule has 0 unspecified atom stereocenters. The maximum absolute atomic E-state index is 5.81. The van der Waals surface area contributed by atoms with E-state index in [-0.39, 0.29) is 0 Å². The SMILES string of the molecule is CCCNCCCCC(N)(N)CC. The molecule has 0 heterocycles. The van der Waals surface area contributed by atoms with Gasteiger partial charge in [-0.05, 0) is 45.2 Å². The number of nitrogens with one attached hydrogen (secondary N) is 1. The van der Waals surface area contributed by atoms with Crippen LogP contribution in [0.1, 0.15) is 46.0 Å². The number of nitrogens with two attached hydrogens (primary N) is 2. The Labute approximate surface area is 82.3 Å².